The minimum absolute atomic E-state index is 0.171. The van der Waals surface area contributed by atoms with Gasteiger partial charge in [0.15, 0.2) is 5.69 Å². The van der Waals surface area contributed by atoms with Crippen molar-refractivity contribution in [3.8, 4) is 0 Å². The van der Waals surface area contributed by atoms with Crippen LogP contribution < -0.4 is 5.32 Å². The normalized spacial score (nSPS) is 18.6. The number of amides is 1. The van der Waals surface area contributed by atoms with Gasteiger partial charge in [-0.2, -0.15) is 0 Å². The number of β-amino-alcohol motifs (C(OH)–C–C–N with tert-alkyl or cyclic N) is 1. The Morgan fingerprint density at radius 2 is 2.00 bits per heavy atom. The number of rotatable bonds is 10. The van der Waals surface area contributed by atoms with Crippen molar-refractivity contribution in [2.75, 3.05) is 39.3 Å². The van der Waals surface area contributed by atoms with E-state index in [0.29, 0.717) is 30.6 Å². The molecule has 1 saturated heterocycles. The average molecular weight is 367 g/mol. The molecule has 1 aromatic rings. The summed E-state index contributed by atoms with van der Waals surface area (Å²) in [6.45, 7) is 12.0. The number of piperazine rings is 1. The Kier molecular flexibility index (Phi) is 8.54. The zero-order valence-electron chi connectivity index (χ0n) is 16.4. The fourth-order valence-electron chi connectivity index (χ4n) is 3.03. The molecular formula is C19H34N4O3. The van der Waals surface area contributed by atoms with Gasteiger partial charge in [0.05, 0.1) is 12.6 Å². The molecule has 0 aliphatic carbocycles. The van der Waals surface area contributed by atoms with Gasteiger partial charge in [0.1, 0.15) is 6.26 Å². The summed E-state index contributed by atoms with van der Waals surface area (Å²) in [5.74, 6) is 0.866. The first-order valence-electron chi connectivity index (χ1n) is 9.87. The summed E-state index contributed by atoms with van der Waals surface area (Å²) in [7, 11) is 0. The maximum Gasteiger partial charge on any atom is 0.273 e. The highest BCUT2D eigenvalue weighted by atomic mass is 16.3. The molecule has 2 unspecified atom stereocenters. The molecule has 1 fully saturated rings. The minimum atomic E-state index is -0.227. The Morgan fingerprint density at radius 3 is 2.65 bits per heavy atom. The Balaban J connectivity index is 1.73. The molecular weight excluding hydrogens is 332 g/mol. The highest BCUT2D eigenvalue weighted by molar-refractivity contribution is 5.91. The van der Waals surface area contributed by atoms with Crippen LogP contribution in [0.5, 0.6) is 0 Å². The lowest BCUT2D eigenvalue weighted by molar-refractivity contribution is 0.0634. The number of oxazole rings is 1. The van der Waals surface area contributed by atoms with Crippen LogP contribution in [0.15, 0.2) is 10.7 Å². The summed E-state index contributed by atoms with van der Waals surface area (Å²) in [5, 5.41) is 12.8. The standard InChI is InChI=1S/C19H34N4O3/c1-4-6-16(24)12-22-7-9-23(10-8-22)13-18-21-17(14-26-18)19(25)20-11-15(3)5-2/h14-16,24H,4-13H2,1-3H3,(H,20,25). The molecule has 0 bridgehead atoms. The van der Waals surface area contributed by atoms with E-state index in [0.717, 1.165) is 52.0 Å². The Bertz CT molecular complexity index is 541. The number of hydrogen-bond acceptors (Lipinski definition) is 6. The third kappa shape index (κ3) is 6.70. The van der Waals surface area contributed by atoms with Gasteiger partial charge in [-0.25, -0.2) is 4.98 Å². The largest absolute Gasteiger partial charge is 0.447 e. The zero-order valence-corrected chi connectivity index (χ0v) is 16.4. The van der Waals surface area contributed by atoms with E-state index in [2.05, 4.69) is 40.9 Å². The Morgan fingerprint density at radius 1 is 1.31 bits per heavy atom. The summed E-state index contributed by atoms with van der Waals surface area (Å²) < 4.78 is 5.48. The Labute approximate surface area is 156 Å². The van der Waals surface area contributed by atoms with Gasteiger partial charge in [-0.15, -0.1) is 0 Å². The highest BCUT2D eigenvalue weighted by Gasteiger charge is 2.21. The van der Waals surface area contributed by atoms with Crippen molar-refractivity contribution in [2.24, 2.45) is 5.92 Å². The van der Waals surface area contributed by atoms with Gasteiger partial charge < -0.3 is 14.8 Å². The molecule has 1 amide bonds. The van der Waals surface area contributed by atoms with E-state index in [9.17, 15) is 9.90 Å². The van der Waals surface area contributed by atoms with Gasteiger partial charge in [0, 0.05) is 39.3 Å². The molecule has 0 radical (unpaired) electrons. The van der Waals surface area contributed by atoms with Crippen LogP contribution in [0.3, 0.4) is 0 Å². The summed E-state index contributed by atoms with van der Waals surface area (Å²) in [6, 6.07) is 0. The third-order valence-corrected chi connectivity index (χ3v) is 5.01. The minimum Gasteiger partial charge on any atom is -0.447 e. The van der Waals surface area contributed by atoms with E-state index in [1.165, 1.54) is 6.26 Å². The maximum atomic E-state index is 12.1. The molecule has 0 saturated carbocycles. The second-order valence-corrected chi connectivity index (χ2v) is 7.37. The summed E-state index contributed by atoms with van der Waals surface area (Å²) >= 11 is 0. The molecule has 0 spiro atoms. The van der Waals surface area contributed by atoms with Gasteiger partial charge in [-0.3, -0.25) is 14.6 Å². The van der Waals surface area contributed by atoms with Crippen LogP contribution in [0, 0.1) is 5.92 Å². The number of nitrogens with zero attached hydrogens (tertiary/aromatic N) is 3. The predicted molar refractivity (Wildman–Crippen MR) is 101 cm³/mol. The van der Waals surface area contributed by atoms with E-state index in [-0.39, 0.29) is 12.0 Å². The third-order valence-electron chi connectivity index (χ3n) is 5.01. The van der Waals surface area contributed by atoms with Crippen LogP contribution in [0.1, 0.15) is 56.4 Å². The smallest absolute Gasteiger partial charge is 0.273 e. The molecule has 2 rings (SSSR count). The number of carbonyl (C=O) groups excluding carboxylic acids is 1. The van der Waals surface area contributed by atoms with E-state index in [1.54, 1.807) is 0 Å². The molecule has 148 valence electrons. The van der Waals surface area contributed by atoms with Crippen LogP contribution in [0.25, 0.3) is 0 Å². The van der Waals surface area contributed by atoms with Crippen molar-refractivity contribution in [1.29, 1.82) is 0 Å². The molecule has 0 aromatic carbocycles. The Hall–Kier alpha value is -1.44. The maximum absolute atomic E-state index is 12.1. The van der Waals surface area contributed by atoms with Crippen LogP contribution in [-0.2, 0) is 6.54 Å². The molecule has 1 aliphatic rings. The summed E-state index contributed by atoms with van der Waals surface area (Å²) in [5.41, 5.74) is 0.352. The number of aromatic nitrogens is 1. The van der Waals surface area contributed by atoms with Crippen LogP contribution in [0.4, 0.5) is 0 Å². The van der Waals surface area contributed by atoms with Crippen molar-refractivity contribution in [2.45, 2.75) is 52.7 Å². The molecule has 2 heterocycles. The van der Waals surface area contributed by atoms with Gasteiger partial charge in [0.2, 0.25) is 5.89 Å². The van der Waals surface area contributed by atoms with Gasteiger partial charge in [-0.1, -0.05) is 33.6 Å². The number of carbonyl (C=O) groups is 1. The van der Waals surface area contributed by atoms with Crippen molar-refractivity contribution in [1.82, 2.24) is 20.1 Å². The summed E-state index contributed by atoms with van der Waals surface area (Å²) in [4.78, 5) is 21.0. The predicted octanol–water partition coefficient (Wildman–Crippen LogP) is 1.73. The second kappa shape index (κ2) is 10.6. The number of aliphatic hydroxyl groups excluding tert-OH is 1. The molecule has 2 atom stereocenters. The molecule has 1 aromatic heterocycles. The molecule has 7 heteroatoms. The van der Waals surface area contributed by atoms with Gasteiger partial charge in [-0.05, 0) is 12.3 Å². The van der Waals surface area contributed by atoms with Gasteiger partial charge in [0.25, 0.3) is 5.91 Å². The van der Waals surface area contributed by atoms with Crippen molar-refractivity contribution in [3.05, 3.63) is 17.8 Å². The lowest BCUT2D eigenvalue weighted by Crippen LogP contribution is -2.48. The van der Waals surface area contributed by atoms with Crippen LogP contribution in [0.2, 0.25) is 0 Å². The first kappa shape index (κ1) is 20.9. The fraction of sp³-hybridized carbons (Fsp3) is 0.789. The first-order valence-corrected chi connectivity index (χ1v) is 9.87. The van der Waals surface area contributed by atoms with Crippen molar-refractivity contribution in [3.63, 3.8) is 0 Å². The average Bonchev–Trinajstić information content (AvgIpc) is 3.09. The lowest BCUT2D eigenvalue weighted by Gasteiger charge is -2.34. The second-order valence-electron chi connectivity index (χ2n) is 7.37. The van der Waals surface area contributed by atoms with E-state index in [4.69, 9.17) is 4.42 Å². The molecule has 2 N–H and O–H groups in total. The van der Waals surface area contributed by atoms with Crippen molar-refractivity contribution >= 4 is 5.91 Å². The van der Waals surface area contributed by atoms with Crippen LogP contribution in [-0.4, -0.2) is 71.2 Å². The number of aliphatic hydroxyl groups is 1. The van der Waals surface area contributed by atoms with E-state index in [1.807, 2.05) is 0 Å². The van der Waals surface area contributed by atoms with Crippen molar-refractivity contribution < 1.29 is 14.3 Å². The highest BCUT2D eigenvalue weighted by Crippen LogP contribution is 2.10. The van der Waals surface area contributed by atoms with E-state index >= 15 is 0 Å². The fourth-order valence-corrected chi connectivity index (χ4v) is 3.03. The molecule has 7 nitrogen and oxygen atoms in total. The lowest BCUT2D eigenvalue weighted by atomic mass is 10.1. The van der Waals surface area contributed by atoms with E-state index < -0.39 is 0 Å². The molecule has 1 aliphatic heterocycles. The zero-order chi connectivity index (χ0) is 18.9. The van der Waals surface area contributed by atoms with Crippen LogP contribution >= 0.6 is 0 Å². The number of nitrogens with one attached hydrogen (secondary N) is 1. The summed E-state index contributed by atoms with van der Waals surface area (Å²) in [6.07, 6.45) is 4.12. The number of hydrogen-bond donors (Lipinski definition) is 2. The first-order chi connectivity index (χ1) is 12.5. The molecule has 26 heavy (non-hydrogen) atoms. The van der Waals surface area contributed by atoms with Gasteiger partial charge >= 0.3 is 0 Å². The topological polar surface area (TPSA) is 81.8 Å². The SMILES string of the molecule is CCCC(O)CN1CCN(Cc2nc(C(=O)NCC(C)CC)co2)CC1. The monoisotopic (exact) mass is 366 g/mol. The quantitative estimate of drug-likeness (QED) is 0.656.